The second-order valence-electron chi connectivity index (χ2n) is 3.76. The van der Waals surface area contributed by atoms with Gasteiger partial charge in [-0.2, -0.15) is 0 Å². The summed E-state index contributed by atoms with van der Waals surface area (Å²) >= 11 is 0. The molecule has 1 saturated carbocycles. The zero-order valence-corrected chi connectivity index (χ0v) is 7.77. The lowest BCUT2D eigenvalue weighted by molar-refractivity contribution is 0.0108. The lowest BCUT2D eigenvalue weighted by Gasteiger charge is -2.25. The van der Waals surface area contributed by atoms with E-state index >= 15 is 0 Å². The summed E-state index contributed by atoms with van der Waals surface area (Å²) in [5, 5.41) is 10.3. The van der Waals surface area contributed by atoms with Gasteiger partial charge in [-0.05, 0) is 18.8 Å². The summed E-state index contributed by atoms with van der Waals surface area (Å²) < 4.78 is 1.84. The van der Waals surface area contributed by atoms with Crippen molar-refractivity contribution in [3.8, 4) is 0 Å². The van der Waals surface area contributed by atoms with E-state index in [0.29, 0.717) is 11.7 Å². The summed E-state index contributed by atoms with van der Waals surface area (Å²) in [6.07, 6.45) is 5.64. The summed E-state index contributed by atoms with van der Waals surface area (Å²) in [5.41, 5.74) is 4.70. The van der Waals surface area contributed by atoms with Gasteiger partial charge in [0.05, 0.1) is 0 Å². The lowest BCUT2D eigenvalue weighted by atomic mass is 9.97. The molecule has 1 fully saturated rings. The van der Waals surface area contributed by atoms with Gasteiger partial charge >= 0.3 is 0 Å². The smallest absolute Gasteiger partial charge is 0.142 e. The maximum atomic E-state index is 10.3. The van der Waals surface area contributed by atoms with Gasteiger partial charge in [0.25, 0.3) is 0 Å². The van der Waals surface area contributed by atoms with Crippen LogP contribution in [0.3, 0.4) is 0 Å². The Bertz CT molecular complexity index is 306. The molecule has 0 bridgehead atoms. The quantitative estimate of drug-likeness (QED) is 0.688. The van der Waals surface area contributed by atoms with E-state index in [-0.39, 0.29) is 6.54 Å². The van der Waals surface area contributed by atoms with Crippen molar-refractivity contribution in [3.05, 3.63) is 18.2 Å². The van der Waals surface area contributed by atoms with Gasteiger partial charge in [-0.15, -0.1) is 0 Å². The second kappa shape index (κ2) is 2.82. The van der Waals surface area contributed by atoms with Crippen molar-refractivity contribution in [2.24, 2.45) is 18.7 Å². The fourth-order valence-electron chi connectivity index (χ4n) is 1.78. The van der Waals surface area contributed by atoms with Crippen molar-refractivity contribution < 1.29 is 5.11 Å². The third kappa shape index (κ3) is 1.26. The van der Waals surface area contributed by atoms with E-state index < -0.39 is 5.60 Å². The van der Waals surface area contributed by atoms with Crippen LogP contribution in [-0.2, 0) is 12.6 Å². The van der Waals surface area contributed by atoms with E-state index in [2.05, 4.69) is 4.98 Å². The first-order valence-electron chi connectivity index (χ1n) is 4.58. The number of imidazole rings is 1. The first-order valence-corrected chi connectivity index (χ1v) is 4.58. The summed E-state index contributed by atoms with van der Waals surface area (Å²) in [4.78, 5) is 4.15. The van der Waals surface area contributed by atoms with E-state index in [1.54, 1.807) is 6.20 Å². The van der Waals surface area contributed by atoms with Crippen LogP contribution in [0, 0.1) is 5.92 Å². The molecule has 1 aromatic rings. The van der Waals surface area contributed by atoms with Crippen molar-refractivity contribution in [2.75, 3.05) is 6.54 Å². The van der Waals surface area contributed by atoms with Crippen LogP contribution in [0.2, 0.25) is 0 Å². The average Bonchev–Trinajstić information content (AvgIpc) is 2.89. The fourth-order valence-corrected chi connectivity index (χ4v) is 1.78. The number of nitrogens with zero attached hydrogens (tertiary/aromatic N) is 2. The predicted octanol–water partition coefficient (Wildman–Crippen LogP) is -0.0236. The van der Waals surface area contributed by atoms with Crippen molar-refractivity contribution >= 4 is 0 Å². The molecule has 0 aromatic carbocycles. The maximum absolute atomic E-state index is 10.3. The summed E-state index contributed by atoms with van der Waals surface area (Å²) in [7, 11) is 1.88. The van der Waals surface area contributed by atoms with E-state index in [9.17, 15) is 5.11 Å². The maximum Gasteiger partial charge on any atom is 0.142 e. The normalized spacial score (nSPS) is 21.5. The van der Waals surface area contributed by atoms with Gasteiger partial charge in [-0.1, -0.05) is 0 Å². The number of aromatic nitrogens is 2. The summed E-state index contributed by atoms with van der Waals surface area (Å²) in [5.74, 6) is 0.996. The first-order chi connectivity index (χ1) is 6.18. The molecular weight excluding hydrogens is 166 g/mol. The SMILES string of the molecule is Cn1ccnc1C(O)(CN)C1CC1. The topological polar surface area (TPSA) is 64.1 Å². The fraction of sp³-hybridized carbons (Fsp3) is 0.667. The Morgan fingerprint density at radius 2 is 2.46 bits per heavy atom. The van der Waals surface area contributed by atoms with Crippen LogP contribution < -0.4 is 5.73 Å². The largest absolute Gasteiger partial charge is 0.380 e. The molecule has 2 rings (SSSR count). The van der Waals surface area contributed by atoms with E-state index in [1.807, 2.05) is 17.8 Å². The third-order valence-electron chi connectivity index (χ3n) is 2.77. The number of hydrogen-bond acceptors (Lipinski definition) is 3. The monoisotopic (exact) mass is 181 g/mol. The number of aliphatic hydroxyl groups is 1. The minimum Gasteiger partial charge on any atom is -0.380 e. The molecule has 0 radical (unpaired) electrons. The Balaban J connectivity index is 2.35. The number of rotatable bonds is 3. The van der Waals surface area contributed by atoms with Gasteiger partial charge < -0.3 is 15.4 Å². The standard InChI is InChI=1S/C9H15N3O/c1-12-5-4-11-8(12)9(13,6-10)7-2-3-7/h4-5,7,13H,2-3,6,10H2,1H3. The molecule has 4 heteroatoms. The van der Waals surface area contributed by atoms with Crippen LogP contribution in [0.4, 0.5) is 0 Å². The molecule has 0 amide bonds. The van der Waals surface area contributed by atoms with Crippen molar-refractivity contribution in [1.29, 1.82) is 0 Å². The lowest BCUT2D eigenvalue weighted by Crippen LogP contribution is -2.39. The average molecular weight is 181 g/mol. The van der Waals surface area contributed by atoms with Gasteiger partial charge in [-0.25, -0.2) is 4.98 Å². The van der Waals surface area contributed by atoms with Gasteiger partial charge in [-0.3, -0.25) is 0 Å². The Morgan fingerprint density at radius 3 is 2.85 bits per heavy atom. The highest BCUT2D eigenvalue weighted by molar-refractivity contribution is 5.11. The molecule has 1 aliphatic carbocycles. The van der Waals surface area contributed by atoms with Crippen LogP contribution in [0.5, 0.6) is 0 Å². The highest BCUT2D eigenvalue weighted by atomic mass is 16.3. The number of aryl methyl sites for hydroxylation is 1. The molecule has 72 valence electrons. The van der Waals surface area contributed by atoms with Gasteiger partial charge in [0, 0.05) is 26.0 Å². The van der Waals surface area contributed by atoms with E-state index in [1.165, 1.54) is 0 Å². The molecule has 0 aliphatic heterocycles. The minimum atomic E-state index is -0.905. The van der Waals surface area contributed by atoms with Gasteiger partial charge in [0.2, 0.25) is 0 Å². The van der Waals surface area contributed by atoms with E-state index in [0.717, 1.165) is 12.8 Å². The highest BCUT2D eigenvalue weighted by Gasteiger charge is 2.46. The first kappa shape index (κ1) is 8.72. The van der Waals surface area contributed by atoms with Crippen molar-refractivity contribution in [2.45, 2.75) is 18.4 Å². The molecule has 0 spiro atoms. The van der Waals surface area contributed by atoms with Crippen LogP contribution >= 0.6 is 0 Å². The Labute approximate surface area is 77.4 Å². The number of nitrogens with two attached hydrogens (primary N) is 1. The Hall–Kier alpha value is -0.870. The van der Waals surface area contributed by atoms with Crippen LogP contribution in [0.25, 0.3) is 0 Å². The summed E-state index contributed by atoms with van der Waals surface area (Å²) in [6.45, 7) is 0.252. The van der Waals surface area contributed by atoms with Gasteiger partial charge in [0.15, 0.2) is 0 Å². The molecule has 3 N–H and O–H groups in total. The second-order valence-corrected chi connectivity index (χ2v) is 3.76. The third-order valence-corrected chi connectivity index (χ3v) is 2.77. The Morgan fingerprint density at radius 1 is 1.77 bits per heavy atom. The molecule has 0 saturated heterocycles. The molecular formula is C9H15N3O. The van der Waals surface area contributed by atoms with Crippen molar-refractivity contribution in [1.82, 2.24) is 9.55 Å². The molecule has 1 heterocycles. The predicted molar refractivity (Wildman–Crippen MR) is 48.9 cm³/mol. The van der Waals surface area contributed by atoms with Gasteiger partial charge in [0.1, 0.15) is 11.4 Å². The zero-order chi connectivity index (χ0) is 9.47. The summed E-state index contributed by atoms with van der Waals surface area (Å²) in [6, 6.07) is 0. The van der Waals surface area contributed by atoms with Crippen molar-refractivity contribution in [3.63, 3.8) is 0 Å². The van der Waals surface area contributed by atoms with Crippen LogP contribution in [0.1, 0.15) is 18.7 Å². The molecule has 1 atom stereocenters. The molecule has 1 aromatic heterocycles. The molecule has 1 unspecified atom stereocenters. The number of hydrogen-bond donors (Lipinski definition) is 2. The molecule has 1 aliphatic rings. The van der Waals surface area contributed by atoms with Crippen LogP contribution in [-0.4, -0.2) is 21.2 Å². The van der Waals surface area contributed by atoms with Crippen LogP contribution in [0.15, 0.2) is 12.4 Å². The minimum absolute atomic E-state index is 0.252. The molecule has 13 heavy (non-hydrogen) atoms. The Kier molecular flexibility index (Phi) is 1.89. The highest BCUT2D eigenvalue weighted by Crippen LogP contribution is 2.44. The van der Waals surface area contributed by atoms with E-state index in [4.69, 9.17) is 5.73 Å². The zero-order valence-electron chi connectivity index (χ0n) is 7.77. The molecule has 4 nitrogen and oxygen atoms in total.